The van der Waals surface area contributed by atoms with Crippen molar-refractivity contribution < 1.29 is 4.79 Å². The number of hydrogen-bond donors (Lipinski definition) is 1. The Morgan fingerprint density at radius 3 is 3.18 bits per heavy atom. The lowest BCUT2D eigenvalue weighted by Gasteiger charge is -2.16. The molecule has 0 aliphatic heterocycles. The fourth-order valence-electron chi connectivity index (χ4n) is 1.39. The maximum absolute atomic E-state index is 11.2. The number of carbonyl (C=O) groups is 1. The first kappa shape index (κ1) is 7.00. The summed E-state index contributed by atoms with van der Waals surface area (Å²) in [6, 6.07) is 2.05. The van der Waals surface area contributed by atoms with E-state index in [2.05, 4.69) is 0 Å². The fraction of sp³-hybridized carbons (Fsp3) is 0.375. The van der Waals surface area contributed by atoms with Crippen LogP contribution in [0.2, 0.25) is 0 Å². The molecule has 2 nitrogen and oxygen atoms in total. The lowest BCUT2D eigenvalue weighted by Crippen LogP contribution is -2.19. The van der Waals surface area contributed by atoms with Crippen LogP contribution in [0.5, 0.6) is 0 Å². The Labute approximate surface area is 69.0 Å². The molecule has 0 amide bonds. The lowest BCUT2D eigenvalue weighted by atomic mass is 9.94. The van der Waals surface area contributed by atoms with E-state index >= 15 is 0 Å². The summed E-state index contributed by atoms with van der Waals surface area (Å²) < 4.78 is 0. The molecule has 1 aromatic heterocycles. The average molecular weight is 167 g/mol. The molecule has 1 aromatic rings. The third-order valence-corrected chi connectivity index (χ3v) is 3.00. The van der Waals surface area contributed by atoms with Crippen molar-refractivity contribution in [1.29, 1.82) is 0 Å². The zero-order valence-corrected chi connectivity index (χ0v) is 6.86. The minimum atomic E-state index is 0.0916. The molecule has 1 unspecified atom stereocenters. The Morgan fingerprint density at radius 1 is 1.64 bits per heavy atom. The number of carbonyl (C=O) groups excluding carboxylic acids is 1. The summed E-state index contributed by atoms with van der Waals surface area (Å²) in [6.45, 7) is 0. The molecule has 0 radical (unpaired) electrons. The van der Waals surface area contributed by atoms with Crippen LogP contribution in [0.4, 0.5) is 0 Å². The van der Waals surface area contributed by atoms with E-state index in [1.54, 1.807) is 0 Å². The van der Waals surface area contributed by atoms with Crippen molar-refractivity contribution in [3.63, 3.8) is 0 Å². The molecule has 1 atom stereocenters. The van der Waals surface area contributed by atoms with Gasteiger partial charge in [0.15, 0.2) is 5.78 Å². The molecule has 0 saturated heterocycles. The van der Waals surface area contributed by atoms with E-state index in [0.29, 0.717) is 6.42 Å². The van der Waals surface area contributed by atoms with Crippen LogP contribution < -0.4 is 5.73 Å². The van der Waals surface area contributed by atoms with E-state index in [1.165, 1.54) is 11.3 Å². The van der Waals surface area contributed by atoms with Crippen LogP contribution >= 0.6 is 11.3 Å². The summed E-state index contributed by atoms with van der Waals surface area (Å²) in [4.78, 5) is 12.1. The molecular weight excluding hydrogens is 158 g/mol. The number of hydrogen-bond acceptors (Lipinski definition) is 3. The van der Waals surface area contributed by atoms with Crippen LogP contribution in [0, 0.1) is 0 Å². The van der Waals surface area contributed by atoms with Crippen molar-refractivity contribution in [2.75, 3.05) is 0 Å². The molecule has 58 valence electrons. The van der Waals surface area contributed by atoms with Crippen molar-refractivity contribution in [2.24, 2.45) is 5.73 Å². The number of Topliss-reactive ketones (excluding diaryl/α,β-unsaturated/α-hetero) is 1. The SMILES string of the molecule is NC1CCC(=O)c2sccc21. The second-order valence-electron chi connectivity index (χ2n) is 2.77. The fourth-order valence-corrected chi connectivity index (χ4v) is 2.33. The molecule has 1 heterocycles. The molecule has 11 heavy (non-hydrogen) atoms. The number of nitrogens with two attached hydrogens (primary N) is 1. The second kappa shape index (κ2) is 2.43. The van der Waals surface area contributed by atoms with Gasteiger partial charge in [0.25, 0.3) is 0 Å². The monoisotopic (exact) mass is 167 g/mol. The topological polar surface area (TPSA) is 43.1 Å². The van der Waals surface area contributed by atoms with Gasteiger partial charge in [0.2, 0.25) is 0 Å². The van der Waals surface area contributed by atoms with E-state index in [-0.39, 0.29) is 11.8 Å². The lowest BCUT2D eigenvalue weighted by molar-refractivity contribution is 0.0972. The van der Waals surface area contributed by atoms with Crippen molar-refractivity contribution >= 4 is 17.1 Å². The minimum Gasteiger partial charge on any atom is -0.324 e. The number of rotatable bonds is 0. The quantitative estimate of drug-likeness (QED) is 0.639. The molecule has 0 saturated carbocycles. The van der Waals surface area contributed by atoms with E-state index in [1.807, 2.05) is 11.4 Å². The molecule has 1 aliphatic carbocycles. The van der Waals surface area contributed by atoms with Crippen molar-refractivity contribution in [3.05, 3.63) is 21.9 Å². The van der Waals surface area contributed by atoms with Crippen LogP contribution in [0.15, 0.2) is 11.4 Å². The van der Waals surface area contributed by atoms with Crippen LogP contribution in [0.25, 0.3) is 0 Å². The third kappa shape index (κ3) is 1.01. The van der Waals surface area contributed by atoms with E-state index in [4.69, 9.17) is 5.73 Å². The Morgan fingerprint density at radius 2 is 2.45 bits per heavy atom. The third-order valence-electron chi connectivity index (χ3n) is 2.03. The molecule has 0 fully saturated rings. The Hall–Kier alpha value is -0.670. The average Bonchev–Trinajstić information content (AvgIpc) is 2.45. The maximum atomic E-state index is 11.2. The number of ketones is 1. The Kier molecular flexibility index (Phi) is 1.55. The van der Waals surface area contributed by atoms with Gasteiger partial charge in [-0.25, -0.2) is 0 Å². The van der Waals surface area contributed by atoms with Gasteiger partial charge in [-0.05, 0) is 23.4 Å². The van der Waals surface area contributed by atoms with Crippen LogP contribution in [0.3, 0.4) is 0 Å². The maximum Gasteiger partial charge on any atom is 0.173 e. The largest absolute Gasteiger partial charge is 0.324 e. The molecular formula is C8H9NOS. The summed E-state index contributed by atoms with van der Waals surface area (Å²) in [6.07, 6.45) is 1.43. The highest BCUT2D eigenvalue weighted by Gasteiger charge is 2.23. The van der Waals surface area contributed by atoms with Gasteiger partial charge in [0.05, 0.1) is 4.88 Å². The van der Waals surface area contributed by atoms with Gasteiger partial charge in [0, 0.05) is 12.5 Å². The summed E-state index contributed by atoms with van der Waals surface area (Å²) in [7, 11) is 0. The van der Waals surface area contributed by atoms with Gasteiger partial charge >= 0.3 is 0 Å². The summed E-state index contributed by atoms with van der Waals surface area (Å²) in [5, 5.41) is 1.94. The Bertz CT molecular complexity index is 292. The predicted octanol–water partition coefficient (Wildman–Crippen LogP) is 1.72. The van der Waals surface area contributed by atoms with Gasteiger partial charge in [-0.1, -0.05) is 0 Å². The molecule has 3 heteroatoms. The molecule has 0 bridgehead atoms. The zero-order valence-electron chi connectivity index (χ0n) is 6.04. The first-order valence-corrected chi connectivity index (χ1v) is 4.53. The summed E-state index contributed by atoms with van der Waals surface area (Å²) in [5.74, 6) is 0.261. The van der Waals surface area contributed by atoms with Crippen LogP contribution in [0.1, 0.15) is 34.1 Å². The van der Waals surface area contributed by atoms with Gasteiger partial charge in [-0.3, -0.25) is 4.79 Å². The molecule has 1 aliphatic rings. The zero-order chi connectivity index (χ0) is 7.84. The van der Waals surface area contributed by atoms with Crippen molar-refractivity contribution in [1.82, 2.24) is 0 Å². The van der Waals surface area contributed by atoms with Gasteiger partial charge in [-0.2, -0.15) is 0 Å². The van der Waals surface area contributed by atoms with Gasteiger partial charge < -0.3 is 5.73 Å². The normalized spacial score (nSPS) is 23.4. The highest BCUT2D eigenvalue weighted by Crippen LogP contribution is 2.31. The number of thiophene rings is 1. The van der Waals surface area contributed by atoms with Gasteiger partial charge in [0.1, 0.15) is 0 Å². The van der Waals surface area contributed by atoms with E-state index in [9.17, 15) is 4.79 Å². The van der Waals surface area contributed by atoms with E-state index in [0.717, 1.165) is 16.9 Å². The summed E-state index contributed by atoms with van der Waals surface area (Å²) >= 11 is 1.51. The summed E-state index contributed by atoms with van der Waals surface area (Å²) in [5.41, 5.74) is 6.85. The highest BCUT2D eigenvalue weighted by atomic mass is 32.1. The van der Waals surface area contributed by atoms with Crippen molar-refractivity contribution in [3.8, 4) is 0 Å². The van der Waals surface area contributed by atoms with Gasteiger partial charge in [-0.15, -0.1) is 11.3 Å². The number of fused-ring (bicyclic) bond motifs is 1. The molecule has 2 N–H and O–H groups in total. The smallest absolute Gasteiger partial charge is 0.173 e. The highest BCUT2D eigenvalue weighted by molar-refractivity contribution is 7.12. The van der Waals surface area contributed by atoms with Crippen LogP contribution in [-0.4, -0.2) is 5.78 Å². The first-order valence-electron chi connectivity index (χ1n) is 3.65. The van der Waals surface area contributed by atoms with Crippen molar-refractivity contribution in [2.45, 2.75) is 18.9 Å². The van der Waals surface area contributed by atoms with E-state index < -0.39 is 0 Å². The predicted molar refractivity (Wildman–Crippen MR) is 44.8 cm³/mol. The molecule has 2 rings (SSSR count). The van der Waals surface area contributed by atoms with Crippen LogP contribution in [-0.2, 0) is 0 Å². The Balaban J connectivity index is 2.51. The first-order chi connectivity index (χ1) is 5.29. The standard InChI is InChI=1S/C8H9NOS/c9-6-1-2-7(10)8-5(6)3-4-11-8/h3-4,6H,1-2,9H2. The molecule has 0 spiro atoms. The second-order valence-corrected chi connectivity index (χ2v) is 3.69. The molecule has 0 aromatic carbocycles. The minimum absolute atomic E-state index is 0.0916.